The zero-order valence-electron chi connectivity index (χ0n) is 15.4. The molecule has 0 aromatic heterocycles. The van der Waals surface area contributed by atoms with E-state index in [1.807, 2.05) is 0 Å². The van der Waals surface area contributed by atoms with Crippen molar-refractivity contribution in [3.63, 3.8) is 0 Å². The lowest BCUT2D eigenvalue weighted by atomic mass is 9.95. The number of aliphatic hydroxyl groups excluding tert-OH is 1. The first kappa shape index (κ1) is 22.4. The predicted molar refractivity (Wildman–Crippen MR) is 97.8 cm³/mol. The summed E-state index contributed by atoms with van der Waals surface area (Å²) < 4.78 is 0. The Labute approximate surface area is 143 Å². The molecule has 0 fully saturated rings. The van der Waals surface area contributed by atoms with Gasteiger partial charge in [-0.3, -0.25) is 4.79 Å². The van der Waals surface area contributed by atoms with Crippen molar-refractivity contribution in [2.75, 3.05) is 6.61 Å². The lowest BCUT2D eigenvalue weighted by molar-refractivity contribution is -0.142. The third-order valence-electron chi connectivity index (χ3n) is 4.72. The Morgan fingerprint density at radius 1 is 0.696 bits per heavy atom. The van der Waals surface area contributed by atoms with Gasteiger partial charge in [0.25, 0.3) is 0 Å². The van der Waals surface area contributed by atoms with Gasteiger partial charge in [0.05, 0.1) is 5.92 Å². The van der Waals surface area contributed by atoms with Crippen LogP contribution in [0.5, 0.6) is 0 Å². The number of carbonyl (C=O) groups is 1. The van der Waals surface area contributed by atoms with Crippen molar-refractivity contribution >= 4 is 5.97 Å². The lowest BCUT2D eigenvalue weighted by Crippen LogP contribution is -2.13. The molecule has 0 rings (SSSR count). The molecule has 0 heterocycles. The molecule has 0 saturated carbocycles. The van der Waals surface area contributed by atoms with Crippen LogP contribution in [0.3, 0.4) is 0 Å². The van der Waals surface area contributed by atoms with Gasteiger partial charge >= 0.3 is 5.97 Å². The summed E-state index contributed by atoms with van der Waals surface area (Å²) >= 11 is 0. The molecular formula is C20H40O3. The maximum Gasteiger partial charge on any atom is 0.306 e. The number of hydrogen-bond acceptors (Lipinski definition) is 2. The summed E-state index contributed by atoms with van der Waals surface area (Å²) in [6.45, 7) is 2.43. The van der Waals surface area contributed by atoms with Gasteiger partial charge in [-0.2, -0.15) is 0 Å². The van der Waals surface area contributed by atoms with Gasteiger partial charge in [0.1, 0.15) is 0 Å². The fourth-order valence-electron chi connectivity index (χ4n) is 3.13. The second kappa shape index (κ2) is 17.8. The van der Waals surface area contributed by atoms with E-state index in [1.165, 1.54) is 70.6 Å². The van der Waals surface area contributed by atoms with E-state index < -0.39 is 5.97 Å². The van der Waals surface area contributed by atoms with Crippen LogP contribution in [0.4, 0.5) is 0 Å². The Hall–Kier alpha value is -0.570. The number of carboxylic acid groups (broad SMARTS) is 1. The fourth-order valence-corrected chi connectivity index (χ4v) is 3.13. The van der Waals surface area contributed by atoms with Crippen LogP contribution in [-0.4, -0.2) is 22.8 Å². The van der Waals surface area contributed by atoms with E-state index in [-0.39, 0.29) is 12.5 Å². The number of rotatable bonds is 18. The standard InChI is InChI=1S/C20H40O3/c1-2-3-4-5-6-7-8-9-10-11-12-13-16-19(20(22)23)17-14-15-18-21/h19,21H,2-18H2,1H3,(H,22,23). The zero-order chi connectivity index (χ0) is 17.2. The Balaban J connectivity index is 3.34. The highest BCUT2D eigenvalue weighted by Crippen LogP contribution is 2.18. The largest absolute Gasteiger partial charge is 0.481 e. The van der Waals surface area contributed by atoms with Gasteiger partial charge in [-0.25, -0.2) is 0 Å². The van der Waals surface area contributed by atoms with Gasteiger partial charge in [-0.15, -0.1) is 0 Å². The summed E-state index contributed by atoms with van der Waals surface area (Å²) in [5.74, 6) is -0.865. The minimum absolute atomic E-state index is 0.172. The zero-order valence-corrected chi connectivity index (χ0v) is 15.4. The lowest BCUT2D eigenvalue weighted by Gasteiger charge is -2.11. The number of unbranched alkanes of at least 4 members (excludes halogenated alkanes) is 12. The highest BCUT2D eigenvalue weighted by molar-refractivity contribution is 5.69. The van der Waals surface area contributed by atoms with Crippen molar-refractivity contribution in [1.29, 1.82) is 0 Å². The molecule has 1 unspecified atom stereocenters. The highest BCUT2D eigenvalue weighted by atomic mass is 16.4. The molecule has 0 aliphatic rings. The summed E-state index contributed by atoms with van der Waals surface area (Å²) in [6.07, 6.45) is 18.8. The van der Waals surface area contributed by atoms with Crippen LogP contribution in [0, 0.1) is 5.92 Å². The average Bonchev–Trinajstić information content (AvgIpc) is 2.54. The molecule has 0 radical (unpaired) electrons. The smallest absolute Gasteiger partial charge is 0.306 e. The minimum Gasteiger partial charge on any atom is -0.481 e. The highest BCUT2D eigenvalue weighted by Gasteiger charge is 2.15. The van der Waals surface area contributed by atoms with Crippen LogP contribution >= 0.6 is 0 Å². The number of aliphatic carboxylic acids is 1. The molecule has 0 amide bonds. The first-order valence-electron chi connectivity index (χ1n) is 10.1. The molecule has 0 bridgehead atoms. The van der Waals surface area contributed by atoms with Crippen molar-refractivity contribution in [2.45, 2.75) is 110 Å². The van der Waals surface area contributed by atoms with Gasteiger partial charge < -0.3 is 10.2 Å². The second-order valence-electron chi connectivity index (χ2n) is 6.93. The molecule has 1 atom stereocenters. The van der Waals surface area contributed by atoms with Crippen molar-refractivity contribution < 1.29 is 15.0 Å². The van der Waals surface area contributed by atoms with E-state index in [0.29, 0.717) is 6.42 Å². The van der Waals surface area contributed by atoms with Crippen molar-refractivity contribution in [2.24, 2.45) is 5.92 Å². The monoisotopic (exact) mass is 328 g/mol. The SMILES string of the molecule is CCCCCCCCCCCCCCC(CCCCO)C(=O)O. The second-order valence-corrected chi connectivity index (χ2v) is 6.93. The molecule has 0 aliphatic heterocycles. The van der Waals surface area contributed by atoms with Gasteiger partial charge in [0, 0.05) is 6.61 Å². The van der Waals surface area contributed by atoms with E-state index in [0.717, 1.165) is 25.7 Å². The van der Waals surface area contributed by atoms with E-state index in [1.54, 1.807) is 0 Å². The van der Waals surface area contributed by atoms with Crippen LogP contribution in [0.15, 0.2) is 0 Å². The molecule has 3 heteroatoms. The van der Waals surface area contributed by atoms with E-state index >= 15 is 0 Å². The van der Waals surface area contributed by atoms with Crippen LogP contribution in [0.25, 0.3) is 0 Å². The van der Waals surface area contributed by atoms with Crippen LogP contribution < -0.4 is 0 Å². The molecule has 0 saturated heterocycles. The number of carboxylic acids is 1. The minimum atomic E-state index is -0.661. The van der Waals surface area contributed by atoms with Crippen molar-refractivity contribution in [1.82, 2.24) is 0 Å². The van der Waals surface area contributed by atoms with Gasteiger partial charge in [-0.1, -0.05) is 90.4 Å². The topological polar surface area (TPSA) is 57.5 Å². The molecule has 3 nitrogen and oxygen atoms in total. The van der Waals surface area contributed by atoms with Crippen molar-refractivity contribution in [3.8, 4) is 0 Å². The fraction of sp³-hybridized carbons (Fsp3) is 0.950. The quantitative estimate of drug-likeness (QED) is 0.306. The summed E-state index contributed by atoms with van der Waals surface area (Å²) in [6, 6.07) is 0. The van der Waals surface area contributed by atoms with E-state index in [9.17, 15) is 9.90 Å². The molecule has 0 spiro atoms. The van der Waals surface area contributed by atoms with Crippen molar-refractivity contribution in [3.05, 3.63) is 0 Å². The molecule has 0 aliphatic carbocycles. The molecule has 2 N–H and O–H groups in total. The summed E-state index contributed by atoms with van der Waals surface area (Å²) in [5, 5.41) is 17.9. The molecule has 0 aromatic carbocycles. The van der Waals surface area contributed by atoms with Crippen LogP contribution in [0.1, 0.15) is 110 Å². The van der Waals surface area contributed by atoms with Crippen LogP contribution in [-0.2, 0) is 4.79 Å². The van der Waals surface area contributed by atoms with E-state index in [4.69, 9.17) is 5.11 Å². The third-order valence-corrected chi connectivity index (χ3v) is 4.72. The van der Waals surface area contributed by atoms with Gasteiger partial charge in [0.2, 0.25) is 0 Å². The molecular weight excluding hydrogens is 288 g/mol. The predicted octanol–water partition coefficient (Wildman–Crippen LogP) is 5.94. The van der Waals surface area contributed by atoms with E-state index in [2.05, 4.69) is 6.92 Å². The Morgan fingerprint density at radius 2 is 1.09 bits per heavy atom. The normalized spacial score (nSPS) is 12.4. The maximum atomic E-state index is 11.2. The first-order chi connectivity index (χ1) is 11.2. The first-order valence-corrected chi connectivity index (χ1v) is 10.1. The summed E-state index contributed by atoms with van der Waals surface area (Å²) in [4.78, 5) is 11.2. The third kappa shape index (κ3) is 16.1. The summed E-state index contributed by atoms with van der Waals surface area (Å²) in [7, 11) is 0. The molecule has 138 valence electrons. The van der Waals surface area contributed by atoms with Crippen LogP contribution in [0.2, 0.25) is 0 Å². The molecule has 23 heavy (non-hydrogen) atoms. The van der Waals surface area contributed by atoms with Gasteiger partial charge in [0.15, 0.2) is 0 Å². The van der Waals surface area contributed by atoms with Gasteiger partial charge in [-0.05, 0) is 19.3 Å². The maximum absolute atomic E-state index is 11.2. The average molecular weight is 329 g/mol. The Bertz CT molecular complexity index is 253. The Morgan fingerprint density at radius 3 is 1.48 bits per heavy atom. The molecule has 0 aromatic rings. The Kier molecular flexibility index (Phi) is 17.3. The number of aliphatic hydroxyl groups is 1. The number of hydrogen-bond donors (Lipinski definition) is 2. The summed E-state index contributed by atoms with van der Waals surface area (Å²) in [5.41, 5.74) is 0.